The third kappa shape index (κ3) is 1.27. The Hall–Kier alpha value is -1.45. The minimum atomic E-state index is 0.439. The standard InChI is InChI=1S/C10H14N4/c1-4-7(2)14-6-13-9-8(3)11-5-12-10(9)14/h5-7H,4H2,1-3H3. The average Bonchev–Trinajstić information content (AvgIpc) is 2.62. The minimum Gasteiger partial charge on any atom is -0.312 e. The summed E-state index contributed by atoms with van der Waals surface area (Å²) in [6, 6.07) is 0.439. The lowest BCUT2D eigenvalue weighted by Gasteiger charge is -2.10. The second-order valence-electron chi connectivity index (χ2n) is 3.54. The third-order valence-electron chi connectivity index (χ3n) is 2.61. The fraction of sp³-hybridized carbons (Fsp3) is 0.500. The molecule has 4 nitrogen and oxygen atoms in total. The van der Waals surface area contributed by atoms with Gasteiger partial charge in [0.05, 0.1) is 12.0 Å². The maximum Gasteiger partial charge on any atom is 0.163 e. The molecule has 0 saturated carbocycles. The molecule has 0 aliphatic rings. The second-order valence-corrected chi connectivity index (χ2v) is 3.54. The molecule has 0 aliphatic heterocycles. The van der Waals surface area contributed by atoms with E-state index < -0.39 is 0 Å². The molecule has 0 radical (unpaired) electrons. The van der Waals surface area contributed by atoms with Gasteiger partial charge in [0.25, 0.3) is 0 Å². The van der Waals surface area contributed by atoms with Crippen LogP contribution in [0.25, 0.3) is 11.2 Å². The first-order chi connectivity index (χ1) is 6.74. The summed E-state index contributed by atoms with van der Waals surface area (Å²) in [5, 5.41) is 0. The maximum absolute atomic E-state index is 4.33. The lowest BCUT2D eigenvalue weighted by Crippen LogP contribution is -2.03. The highest BCUT2D eigenvalue weighted by Gasteiger charge is 2.10. The van der Waals surface area contributed by atoms with Crippen LogP contribution < -0.4 is 0 Å². The molecule has 14 heavy (non-hydrogen) atoms. The predicted octanol–water partition coefficient (Wildman–Crippen LogP) is 2.11. The van der Waals surface area contributed by atoms with E-state index in [1.807, 2.05) is 13.3 Å². The number of imidazole rings is 1. The van der Waals surface area contributed by atoms with Gasteiger partial charge in [-0.05, 0) is 20.3 Å². The molecule has 0 spiro atoms. The summed E-state index contributed by atoms with van der Waals surface area (Å²) in [6.45, 7) is 6.28. The van der Waals surface area contributed by atoms with Crippen molar-refractivity contribution >= 4 is 11.2 Å². The monoisotopic (exact) mass is 190 g/mol. The van der Waals surface area contributed by atoms with E-state index in [2.05, 4.69) is 33.4 Å². The van der Waals surface area contributed by atoms with E-state index in [1.54, 1.807) is 6.33 Å². The van der Waals surface area contributed by atoms with Crippen molar-refractivity contribution in [3.63, 3.8) is 0 Å². The van der Waals surface area contributed by atoms with Crippen molar-refractivity contribution in [2.45, 2.75) is 33.2 Å². The zero-order valence-corrected chi connectivity index (χ0v) is 8.73. The van der Waals surface area contributed by atoms with Crippen LogP contribution in [0.2, 0.25) is 0 Å². The molecular formula is C10H14N4. The van der Waals surface area contributed by atoms with Gasteiger partial charge in [0.1, 0.15) is 11.8 Å². The summed E-state index contributed by atoms with van der Waals surface area (Å²) >= 11 is 0. The summed E-state index contributed by atoms with van der Waals surface area (Å²) in [5.41, 5.74) is 2.79. The fourth-order valence-corrected chi connectivity index (χ4v) is 1.49. The maximum atomic E-state index is 4.33. The Bertz CT molecular complexity index is 446. The molecule has 0 aliphatic carbocycles. The lowest BCUT2D eigenvalue weighted by atomic mass is 10.2. The molecule has 0 bridgehead atoms. The van der Waals surface area contributed by atoms with E-state index in [0.717, 1.165) is 23.3 Å². The molecule has 0 amide bonds. The number of hydrogen-bond acceptors (Lipinski definition) is 3. The molecule has 0 aromatic carbocycles. The molecule has 2 aromatic rings. The van der Waals surface area contributed by atoms with Crippen LogP contribution in [0, 0.1) is 6.92 Å². The summed E-state index contributed by atoms with van der Waals surface area (Å²) < 4.78 is 2.10. The molecule has 2 heterocycles. The Balaban J connectivity index is 2.63. The van der Waals surface area contributed by atoms with Gasteiger partial charge in [-0.2, -0.15) is 0 Å². The topological polar surface area (TPSA) is 43.6 Å². The highest BCUT2D eigenvalue weighted by molar-refractivity contribution is 5.72. The number of hydrogen-bond donors (Lipinski definition) is 0. The highest BCUT2D eigenvalue weighted by Crippen LogP contribution is 2.18. The van der Waals surface area contributed by atoms with Crippen molar-refractivity contribution in [1.29, 1.82) is 0 Å². The normalized spacial score (nSPS) is 13.4. The van der Waals surface area contributed by atoms with Crippen LogP contribution in [0.1, 0.15) is 32.0 Å². The number of nitrogens with zero attached hydrogens (tertiary/aromatic N) is 4. The Morgan fingerprint density at radius 3 is 2.86 bits per heavy atom. The van der Waals surface area contributed by atoms with Crippen molar-refractivity contribution in [3.8, 4) is 0 Å². The van der Waals surface area contributed by atoms with E-state index in [4.69, 9.17) is 0 Å². The molecule has 1 atom stereocenters. The van der Waals surface area contributed by atoms with Crippen LogP contribution in [0.15, 0.2) is 12.7 Å². The van der Waals surface area contributed by atoms with Crippen molar-refractivity contribution in [2.24, 2.45) is 0 Å². The molecule has 2 aromatic heterocycles. The number of aromatic nitrogens is 4. The molecule has 0 fully saturated rings. The minimum absolute atomic E-state index is 0.439. The van der Waals surface area contributed by atoms with Crippen LogP contribution in [0.4, 0.5) is 0 Å². The van der Waals surface area contributed by atoms with Gasteiger partial charge in [0.15, 0.2) is 5.65 Å². The highest BCUT2D eigenvalue weighted by atomic mass is 15.1. The summed E-state index contributed by atoms with van der Waals surface area (Å²) in [6.07, 6.45) is 4.52. The number of rotatable bonds is 2. The molecule has 74 valence electrons. The lowest BCUT2D eigenvalue weighted by molar-refractivity contribution is 0.541. The SMILES string of the molecule is CCC(C)n1cnc2c(C)ncnc21. The first-order valence-corrected chi connectivity index (χ1v) is 4.88. The Morgan fingerprint density at radius 1 is 1.36 bits per heavy atom. The number of aryl methyl sites for hydroxylation is 1. The van der Waals surface area contributed by atoms with Crippen LogP contribution in [0.3, 0.4) is 0 Å². The quantitative estimate of drug-likeness (QED) is 0.728. The molecule has 4 heteroatoms. The van der Waals surface area contributed by atoms with Gasteiger partial charge in [0, 0.05) is 6.04 Å². The Morgan fingerprint density at radius 2 is 2.14 bits per heavy atom. The first-order valence-electron chi connectivity index (χ1n) is 4.88. The van der Waals surface area contributed by atoms with E-state index in [0.29, 0.717) is 6.04 Å². The summed E-state index contributed by atoms with van der Waals surface area (Å²) in [4.78, 5) is 12.7. The largest absolute Gasteiger partial charge is 0.312 e. The smallest absolute Gasteiger partial charge is 0.163 e. The van der Waals surface area contributed by atoms with Gasteiger partial charge in [-0.3, -0.25) is 0 Å². The van der Waals surface area contributed by atoms with Crippen molar-refractivity contribution in [3.05, 3.63) is 18.3 Å². The van der Waals surface area contributed by atoms with Gasteiger partial charge in [-0.15, -0.1) is 0 Å². The van der Waals surface area contributed by atoms with Crippen molar-refractivity contribution < 1.29 is 0 Å². The Kier molecular flexibility index (Phi) is 2.19. The zero-order chi connectivity index (χ0) is 10.1. The van der Waals surface area contributed by atoms with Crippen molar-refractivity contribution in [2.75, 3.05) is 0 Å². The van der Waals surface area contributed by atoms with E-state index in [9.17, 15) is 0 Å². The predicted molar refractivity (Wildman–Crippen MR) is 55.1 cm³/mol. The van der Waals surface area contributed by atoms with Gasteiger partial charge in [0.2, 0.25) is 0 Å². The van der Waals surface area contributed by atoms with Crippen LogP contribution in [-0.4, -0.2) is 19.5 Å². The summed E-state index contributed by atoms with van der Waals surface area (Å²) in [7, 11) is 0. The average molecular weight is 190 g/mol. The number of fused-ring (bicyclic) bond motifs is 1. The summed E-state index contributed by atoms with van der Waals surface area (Å²) in [5.74, 6) is 0. The Labute approximate surface area is 83.0 Å². The molecule has 2 rings (SSSR count). The fourth-order valence-electron chi connectivity index (χ4n) is 1.49. The van der Waals surface area contributed by atoms with E-state index in [-0.39, 0.29) is 0 Å². The van der Waals surface area contributed by atoms with E-state index in [1.165, 1.54) is 0 Å². The van der Waals surface area contributed by atoms with Crippen LogP contribution in [0.5, 0.6) is 0 Å². The molecule has 1 unspecified atom stereocenters. The van der Waals surface area contributed by atoms with Crippen LogP contribution in [-0.2, 0) is 0 Å². The molecule has 0 N–H and O–H groups in total. The first kappa shape index (κ1) is 9.12. The van der Waals surface area contributed by atoms with Gasteiger partial charge in [-0.25, -0.2) is 15.0 Å². The molecule has 0 saturated heterocycles. The van der Waals surface area contributed by atoms with Gasteiger partial charge < -0.3 is 4.57 Å². The second kappa shape index (κ2) is 3.36. The van der Waals surface area contributed by atoms with Gasteiger partial charge in [-0.1, -0.05) is 6.92 Å². The third-order valence-corrected chi connectivity index (χ3v) is 2.61. The van der Waals surface area contributed by atoms with Crippen LogP contribution >= 0.6 is 0 Å². The van der Waals surface area contributed by atoms with Crippen molar-refractivity contribution in [1.82, 2.24) is 19.5 Å². The van der Waals surface area contributed by atoms with Gasteiger partial charge >= 0.3 is 0 Å². The van der Waals surface area contributed by atoms with E-state index >= 15 is 0 Å². The zero-order valence-electron chi connectivity index (χ0n) is 8.73. The molecular weight excluding hydrogens is 176 g/mol.